The zero-order chi connectivity index (χ0) is 27.0. The van der Waals surface area contributed by atoms with Gasteiger partial charge in [0.2, 0.25) is 0 Å². The molecule has 1 heterocycles. The first-order chi connectivity index (χ1) is 17.0. The van der Waals surface area contributed by atoms with E-state index in [2.05, 4.69) is 15.0 Å². The second kappa shape index (κ2) is 12.1. The number of halogens is 5. The summed E-state index contributed by atoms with van der Waals surface area (Å²) in [6.45, 7) is 4.00. The Morgan fingerprint density at radius 2 is 1.72 bits per heavy atom. The third-order valence-electron chi connectivity index (χ3n) is 4.11. The number of primary amides is 1. The molecule has 1 aromatic heterocycles. The molecule has 0 aliphatic carbocycles. The molecule has 0 saturated heterocycles. The fourth-order valence-corrected chi connectivity index (χ4v) is 2.90. The van der Waals surface area contributed by atoms with E-state index in [9.17, 15) is 27.2 Å². The molecule has 13 heteroatoms. The zero-order valence-corrected chi connectivity index (χ0v) is 19.8. The van der Waals surface area contributed by atoms with Crippen LogP contribution in [0.2, 0.25) is 5.02 Å². The highest BCUT2D eigenvalue weighted by molar-refractivity contribution is 6.31. The number of hydrogen-bond donors (Lipinski definition) is 2. The first kappa shape index (κ1) is 28.2. The molecule has 0 radical (unpaired) electrons. The zero-order valence-electron chi connectivity index (χ0n) is 19.1. The Morgan fingerprint density at radius 3 is 2.28 bits per heavy atom. The summed E-state index contributed by atoms with van der Waals surface area (Å²) in [4.78, 5) is 27.6. The molecular formula is C23H20ClF4N3O5. The van der Waals surface area contributed by atoms with Crippen LogP contribution >= 0.6 is 11.6 Å². The highest BCUT2D eigenvalue weighted by atomic mass is 35.5. The number of hydrogen-bond acceptors (Lipinski definition) is 6. The van der Waals surface area contributed by atoms with Gasteiger partial charge in [0, 0.05) is 17.2 Å². The SMILES string of the molecule is CC.COc1cc(OC(F)(F)F)ccc1Oc1cc(Cl)cc(F)c1C(=O)Nc1ccc(C(N)=O)nc1. The molecule has 0 atom stereocenters. The molecule has 0 bridgehead atoms. The predicted octanol–water partition coefficient (Wildman–Crippen LogP) is 5.95. The van der Waals surface area contributed by atoms with E-state index >= 15 is 0 Å². The minimum atomic E-state index is -4.93. The Labute approximate surface area is 207 Å². The summed E-state index contributed by atoms with van der Waals surface area (Å²) in [5.41, 5.74) is 4.60. The van der Waals surface area contributed by atoms with Crippen LogP contribution in [0.4, 0.5) is 23.2 Å². The lowest BCUT2D eigenvalue weighted by molar-refractivity contribution is -0.274. The molecule has 0 saturated carbocycles. The lowest BCUT2D eigenvalue weighted by atomic mass is 10.1. The molecule has 0 unspecified atom stereocenters. The van der Waals surface area contributed by atoms with Crippen molar-refractivity contribution in [3.8, 4) is 23.0 Å². The van der Waals surface area contributed by atoms with E-state index in [4.69, 9.17) is 26.8 Å². The van der Waals surface area contributed by atoms with Gasteiger partial charge < -0.3 is 25.3 Å². The molecule has 0 aliphatic rings. The number of ether oxygens (including phenoxy) is 3. The number of rotatable bonds is 7. The van der Waals surface area contributed by atoms with Crippen LogP contribution in [0.25, 0.3) is 0 Å². The van der Waals surface area contributed by atoms with Crippen LogP contribution in [0.1, 0.15) is 34.7 Å². The van der Waals surface area contributed by atoms with Crippen LogP contribution in [-0.4, -0.2) is 30.3 Å². The number of amides is 2. The number of anilines is 1. The molecule has 2 amide bonds. The van der Waals surface area contributed by atoms with E-state index in [0.29, 0.717) is 0 Å². The van der Waals surface area contributed by atoms with Gasteiger partial charge in [-0.2, -0.15) is 0 Å². The third kappa shape index (κ3) is 7.47. The quantitative estimate of drug-likeness (QED) is 0.366. The summed E-state index contributed by atoms with van der Waals surface area (Å²) < 4.78 is 66.5. The first-order valence-corrected chi connectivity index (χ1v) is 10.5. The summed E-state index contributed by atoms with van der Waals surface area (Å²) in [5, 5.41) is 2.26. The summed E-state index contributed by atoms with van der Waals surface area (Å²) in [7, 11) is 1.16. The Kier molecular flexibility index (Phi) is 9.45. The number of pyridine rings is 1. The topological polar surface area (TPSA) is 113 Å². The molecule has 36 heavy (non-hydrogen) atoms. The molecule has 3 aromatic rings. The number of nitrogens with one attached hydrogen (secondary N) is 1. The Morgan fingerprint density at radius 1 is 1.03 bits per heavy atom. The van der Waals surface area contributed by atoms with Crippen molar-refractivity contribution in [2.24, 2.45) is 5.73 Å². The Bertz CT molecular complexity index is 1240. The van der Waals surface area contributed by atoms with Gasteiger partial charge in [0.25, 0.3) is 11.8 Å². The van der Waals surface area contributed by atoms with Gasteiger partial charge in [0.05, 0.1) is 19.0 Å². The average molecular weight is 530 g/mol. The lowest BCUT2D eigenvalue weighted by Crippen LogP contribution is -2.17. The van der Waals surface area contributed by atoms with E-state index in [0.717, 1.165) is 43.6 Å². The van der Waals surface area contributed by atoms with Crippen molar-refractivity contribution in [2.75, 3.05) is 12.4 Å². The largest absolute Gasteiger partial charge is 0.573 e. The van der Waals surface area contributed by atoms with Gasteiger partial charge in [0.1, 0.15) is 28.6 Å². The van der Waals surface area contributed by atoms with E-state index in [1.54, 1.807) is 0 Å². The molecule has 3 rings (SSSR count). The van der Waals surface area contributed by atoms with Gasteiger partial charge in [-0.1, -0.05) is 25.4 Å². The minimum Gasteiger partial charge on any atom is -0.493 e. The molecule has 0 fully saturated rings. The Balaban J connectivity index is 0.00000222. The van der Waals surface area contributed by atoms with Gasteiger partial charge in [-0.05, 0) is 30.3 Å². The lowest BCUT2D eigenvalue weighted by Gasteiger charge is -2.16. The number of carbonyl (C=O) groups is 2. The maximum absolute atomic E-state index is 14.7. The number of aromatic nitrogens is 1. The number of methoxy groups -OCH3 is 1. The van der Waals surface area contributed by atoms with Gasteiger partial charge in [0.15, 0.2) is 11.5 Å². The highest BCUT2D eigenvalue weighted by Crippen LogP contribution is 2.38. The monoisotopic (exact) mass is 529 g/mol. The van der Waals surface area contributed by atoms with Crippen LogP contribution in [0, 0.1) is 5.82 Å². The average Bonchev–Trinajstić information content (AvgIpc) is 2.80. The van der Waals surface area contributed by atoms with E-state index in [1.807, 2.05) is 13.8 Å². The van der Waals surface area contributed by atoms with Gasteiger partial charge in [-0.3, -0.25) is 9.59 Å². The normalized spacial score (nSPS) is 10.6. The van der Waals surface area contributed by atoms with Gasteiger partial charge >= 0.3 is 6.36 Å². The number of nitrogens with two attached hydrogens (primary N) is 1. The first-order valence-electron chi connectivity index (χ1n) is 10.1. The molecular weight excluding hydrogens is 510 g/mol. The Hall–Kier alpha value is -4.06. The second-order valence-corrected chi connectivity index (χ2v) is 6.91. The van der Waals surface area contributed by atoms with Crippen molar-refractivity contribution >= 4 is 29.1 Å². The molecule has 0 spiro atoms. The second-order valence-electron chi connectivity index (χ2n) is 6.47. The summed E-state index contributed by atoms with van der Waals surface area (Å²) in [6.07, 6.45) is -3.80. The molecule has 2 aromatic carbocycles. The van der Waals surface area contributed by atoms with E-state index < -0.39 is 35.3 Å². The van der Waals surface area contributed by atoms with E-state index in [-0.39, 0.29) is 33.7 Å². The van der Waals surface area contributed by atoms with Crippen molar-refractivity contribution in [3.63, 3.8) is 0 Å². The standard InChI is InChI=1S/C21H14ClF4N3O5.C2H6/c1-32-16-8-12(34-21(24,25)26)3-5-15(16)33-17-7-10(22)6-13(23)18(17)20(31)29-11-2-4-14(19(27)30)28-9-11;1-2/h2-9H,1H3,(H2,27,30)(H,29,31);1-2H3. The maximum atomic E-state index is 14.7. The fourth-order valence-electron chi connectivity index (χ4n) is 2.71. The van der Waals surface area contributed by atoms with Crippen LogP contribution in [-0.2, 0) is 0 Å². The highest BCUT2D eigenvalue weighted by Gasteiger charge is 2.31. The van der Waals surface area contributed by atoms with Crippen molar-refractivity contribution < 1.29 is 41.4 Å². The van der Waals surface area contributed by atoms with Crippen molar-refractivity contribution in [1.82, 2.24) is 4.98 Å². The summed E-state index contributed by atoms with van der Waals surface area (Å²) in [6, 6.07) is 7.49. The van der Waals surface area contributed by atoms with Gasteiger partial charge in [-0.15, -0.1) is 13.2 Å². The number of carbonyl (C=O) groups excluding carboxylic acids is 2. The number of nitrogens with zero attached hydrogens (tertiary/aromatic N) is 1. The van der Waals surface area contributed by atoms with E-state index in [1.165, 1.54) is 12.1 Å². The van der Waals surface area contributed by atoms with Crippen LogP contribution in [0.5, 0.6) is 23.0 Å². The molecule has 192 valence electrons. The molecule has 0 aliphatic heterocycles. The third-order valence-corrected chi connectivity index (χ3v) is 4.33. The van der Waals surface area contributed by atoms with Crippen molar-refractivity contribution in [3.05, 3.63) is 70.8 Å². The molecule has 8 nitrogen and oxygen atoms in total. The smallest absolute Gasteiger partial charge is 0.493 e. The summed E-state index contributed by atoms with van der Waals surface area (Å²) in [5.74, 6) is -4.07. The minimum absolute atomic E-state index is 0.0512. The summed E-state index contributed by atoms with van der Waals surface area (Å²) >= 11 is 5.89. The number of benzene rings is 2. The van der Waals surface area contributed by atoms with Crippen LogP contribution in [0.15, 0.2) is 48.7 Å². The maximum Gasteiger partial charge on any atom is 0.573 e. The van der Waals surface area contributed by atoms with Crippen molar-refractivity contribution in [1.29, 1.82) is 0 Å². The number of alkyl halides is 3. The van der Waals surface area contributed by atoms with Gasteiger partial charge in [-0.25, -0.2) is 9.37 Å². The van der Waals surface area contributed by atoms with Crippen molar-refractivity contribution in [2.45, 2.75) is 20.2 Å². The predicted molar refractivity (Wildman–Crippen MR) is 123 cm³/mol. The van der Waals surface area contributed by atoms with Crippen LogP contribution < -0.4 is 25.3 Å². The van der Waals surface area contributed by atoms with Crippen LogP contribution in [0.3, 0.4) is 0 Å². The fraction of sp³-hybridized carbons (Fsp3) is 0.174. The molecule has 3 N–H and O–H groups in total.